The van der Waals surface area contributed by atoms with E-state index in [0.717, 1.165) is 6.54 Å². The highest BCUT2D eigenvalue weighted by atomic mass is 28.3. The molecule has 0 aliphatic rings. The van der Waals surface area contributed by atoms with Crippen molar-refractivity contribution in [2.75, 3.05) is 6.54 Å². The number of aliphatic imine (C=N–C) groups is 1. The minimum Gasteiger partial charge on any atom is -0.298 e. The van der Waals surface area contributed by atoms with E-state index in [1.54, 1.807) is 0 Å². The van der Waals surface area contributed by atoms with Crippen molar-refractivity contribution in [2.45, 2.75) is 104 Å². The number of hydrogen-bond acceptors (Lipinski definition) is 1. The zero-order chi connectivity index (χ0) is 16.5. The fourth-order valence-electron chi connectivity index (χ4n) is 3.49. The minimum absolute atomic E-state index is 1.05. The highest BCUT2D eigenvalue weighted by molar-refractivity contribution is 6.84. The Balaban J connectivity index is 3.93. The summed E-state index contributed by atoms with van der Waals surface area (Å²) in [6.07, 6.45) is 16.6. The maximum atomic E-state index is 4.65. The number of unbranched alkanes of at least 4 members (excludes halogenated alkanes) is 5. The highest BCUT2D eigenvalue weighted by Crippen LogP contribution is 2.27. The average molecular weight is 324 g/mol. The molecule has 0 N–H and O–H groups in total. The first-order chi connectivity index (χ1) is 10.7. The van der Waals surface area contributed by atoms with E-state index in [1.165, 1.54) is 75.9 Å². The van der Waals surface area contributed by atoms with Crippen LogP contribution in [0.1, 0.15) is 85.5 Å². The smallest absolute Gasteiger partial charge is 0.0777 e. The molecule has 0 aromatic rings. The normalized spacial score (nSPS) is 12.7. The van der Waals surface area contributed by atoms with E-state index in [9.17, 15) is 0 Å². The third-order valence-electron chi connectivity index (χ3n) is 4.56. The van der Waals surface area contributed by atoms with Crippen molar-refractivity contribution in [1.29, 1.82) is 0 Å². The molecular formula is C20H41NSi. The summed E-state index contributed by atoms with van der Waals surface area (Å²) in [6.45, 7) is 10.2. The maximum Gasteiger partial charge on any atom is 0.0777 e. The number of allylic oxidation sites excluding steroid dienone is 1. The molecule has 0 saturated heterocycles. The Labute approximate surface area is 141 Å². The van der Waals surface area contributed by atoms with Gasteiger partial charge in [-0.25, -0.2) is 0 Å². The van der Waals surface area contributed by atoms with Crippen molar-refractivity contribution in [3.8, 4) is 0 Å². The van der Waals surface area contributed by atoms with Gasteiger partial charge in [0.1, 0.15) is 0 Å². The summed E-state index contributed by atoms with van der Waals surface area (Å²) in [4.78, 5) is 4.65. The molecule has 0 amide bonds. The predicted molar refractivity (Wildman–Crippen MR) is 107 cm³/mol. The van der Waals surface area contributed by atoms with E-state index >= 15 is 0 Å². The molecule has 0 bridgehead atoms. The Morgan fingerprint density at radius 2 is 1.41 bits per heavy atom. The number of rotatable bonds is 15. The molecule has 0 rings (SSSR count). The van der Waals surface area contributed by atoms with Gasteiger partial charge in [-0.15, -0.1) is 0 Å². The van der Waals surface area contributed by atoms with Crippen molar-refractivity contribution in [3.63, 3.8) is 0 Å². The van der Waals surface area contributed by atoms with Crippen molar-refractivity contribution in [1.82, 2.24) is 0 Å². The summed E-state index contributed by atoms with van der Waals surface area (Å²) in [6, 6.07) is 4.31. The van der Waals surface area contributed by atoms with Gasteiger partial charge in [-0.05, 0) is 32.0 Å². The van der Waals surface area contributed by atoms with Crippen LogP contribution < -0.4 is 0 Å². The fraction of sp³-hybridized carbons (Fsp3) is 0.850. The lowest BCUT2D eigenvalue weighted by molar-refractivity contribution is 0.612. The predicted octanol–water partition coefficient (Wildman–Crippen LogP) is 7.19. The molecule has 0 aliphatic carbocycles. The topological polar surface area (TPSA) is 12.4 Å². The Bertz CT molecular complexity index is 277. The summed E-state index contributed by atoms with van der Waals surface area (Å²) in [5, 5.41) is 0. The van der Waals surface area contributed by atoms with Gasteiger partial charge in [0.25, 0.3) is 0 Å². The summed E-state index contributed by atoms with van der Waals surface area (Å²) in [5.41, 5.74) is 2.60. The molecule has 0 fully saturated rings. The lowest BCUT2D eigenvalue weighted by Crippen LogP contribution is -2.31. The molecule has 22 heavy (non-hydrogen) atoms. The first-order valence-electron chi connectivity index (χ1n) is 9.86. The van der Waals surface area contributed by atoms with Crippen LogP contribution in [0.15, 0.2) is 16.8 Å². The zero-order valence-corrected chi connectivity index (χ0v) is 16.9. The third kappa shape index (κ3) is 11.2. The van der Waals surface area contributed by atoms with E-state index in [2.05, 4.69) is 50.7 Å². The lowest BCUT2D eigenvalue weighted by atomic mass is 10.1. The largest absolute Gasteiger partial charge is 0.298 e. The van der Waals surface area contributed by atoms with Crippen LogP contribution in [0.5, 0.6) is 0 Å². The Morgan fingerprint density at radius 3 is 2.00 bits per heavy atom. The molecule has 0 spiro atoms. The van der Waals surface area contributed by atoms with Crippen LogP contribution in [0.2, 0.25) is 18.1 Å². The van der Waals surface area contributed by atoms with E-state index in [-0.39, 0.29) is 0 Å². The maximum absolute atomic E-state index is 4.65. The van der Waals surface area contributed by atoms with Gasteiger partial charge < -0.3 is 0 Å². The van der Waals surface area contributed by atoms with Gasteiger partial charge in [-0.1, -0.05) is 89.6 Å². The van der Waals surface area contributed by atoms with Crippen LogP contribution in [0.3, 0.4) is 0 Å². The van der Waals surface area contributed by atoms with Gasteiger partial charge in [0.05, 0.1) is 8.07 Å². The van der Waals surface area contributed by atoms with Crippen LogP contribution >= 0.6 is 0 Å². The first-order valence-corrected chi connectivity index (χ1v) is 12.6. The molecular weight excluding hydrogens is 282 g/mol. The molecule has 0 unspecified atom stereocenters. The summed E-state index contributed by atoms with van der Waals surface area (Å²) in [5.74, 6) is 0. The fourth-order valence-corrected chi connectivity index (χ4v) is 8.15. The van der Waals surface area contributed by atoms with Crippen molar-refractivity contribution in [3.05, 3.63) is 11.8 Å². The van der Waals surface area contributed by atoms with Crippen LogP contribution in [-0.2, 0) is 0 Å². The van der Waals surface area contributed by atoms with Crippen LogP contribution in [0.4, 0.5) is 0 Å². The summed E-state index contributed by atoms with van der Waals surface area (Å²) in [7, 11) is -1.16. The van der Waals surface area contributed by atoms with Crippen molar-refractivity contribution < 1.29 is 0 Å². The Morgan fingerprint density at radius 1 is 0.773 bits per heavy atom. The van der Waals surface area contributed by atoms with Crippen molar-refractivity contribution >= 4 is 14.3 Å². The molecule has 0 saturated carbocycles. The average Bonchev–Trinajstić information content (AvgIpc) is 2.50. The molecule has 0 aliphatic heterocycles. The number of hydrogen-bond donors (Lipinski definition) is 0. The minimum atomic E-state index is -1.16. The second-order valence-corrected chi connectivity index (χ2v) is 11.3. The van der Waals surface area contributed by atoms with E-state index in [0.29, 0.717) is 0 Å². The lowest BCUT2D eigenvalue weighted by Gasteiger charge is -2.27. The third-order valence-corrected chi connectivity index (χ3v) is 9.87. The van der Waals surface area contributed by atoms with Crippen LogP contribution in [0.25, 0.3) is 0 Å². The Kier molecular flexibility index (Phi) is 15.3. The SMILES string of the molecule is CC=C[Si](CCC)(CCC)CCC=NCCCCCCCC. The van der Waals surface area contributed by atoms with E-state index < -0.39 is 8.07 Å². The molecule has 130 valence electrons. The van der Waals surface area contributed by atoms with Gasteiger partial charge in [-0.3, -0.25) is 4.99 Å². The van der Waals surface area contributed by atoms with E-state index in [1.807, 2.05) is 0 Å². The van der Waals surface area contributed by atoms with Gasteiger partial charge in [-0.2, -0.15) is 0 Å². The van der Waals surface area contributed by atoms with Crippen LogP contribution in [0, 0.1) is 0 Å². The molecule has 0 atom stereocenters. The second kappa shape index (κ2) is 15.5. The highest BCUT2D eigenvalue weighted by Gasteiger charge is 2.26. The van der Waals surface area contributed by atoms with Gasteiger partial charge in [0, 0.05) is 6.54 Å². The first kappa shape index (κ1) is 21.6. The van der Waals surface area contributed by atoms with E-state index in [4.69, 9.17) is 0 Å². The molecule has 0 heterocycles. The second-order valence-electron chi connectivity index (χ2n) is 6.76. The zero-order valence-electron chi connectivity index (χ0n) is 15.9. The molecule has 0 aromatic carbocycles. The molecule has 0 aromatic heterocycles. The van der Waals surface area contributed by atoms with Gasteiger partial charge in [0.15, 0.2) is 0 Å². The summed E-state index contributed by atoms with van der Waals surface area (Å²) < 4.78 is 0. The summed E-state index contributed by atoms with van der Waals surface area (Å²) >= 11 is 0. The molecule has 2 heteroatoms. The van der Waals surface area contributed by atoms with Gasteiger partial charge >= 0.3 is 0 Å². The quantitative estimate of drug-likeness (QED) is 0.172. The number of nitrogens with zero attached hydrogens (tertiary/aromatic N) is 1. The van der Waals surface area contributed by atoms with Gasteiger partial charge in [0.2, 0.25) is 0 Å². The molecule has 0 radical (unpaired) electrons. The van der Waals surface area contributed by atoms with Crippen LogP contribution in [-0.4, -0.2) is 20.8 Å². The standard InChI is InChI=1S/C20H41NSi/c1-5-9-10-11-12-13-15-21-16-14-20-22(17-6-2,18-7-3)19-8-4/h6,16-17H,5,7-15,18-20H2,1-4H3. The monoisotopic (exact) mass is 323 g/mol. The Hall–Kier alpha value is -0.373. The molecule has 1 nitrogen and oxygen atoms in total. The van der Waals surface area contributed by atoms with Crippen molar-refractivity contribution in [2.24, 2.45) is 4.99 Å².